The molecule has 0 saturated heterocycles. The van der Waals surface area contributed by atoms with Gasteiger partial charge in [-0.3, -0.25) is 0 Å². The van der Waals surface area contributed by atoms with Crippen molar-refractivity contribution in [1.82, 2.24) is 0 Å². The van der Waals surface area contributed by atoms with Crippen LogP contribution >= 0.6 is 27.5 Å². The molecule has 1 N–H and O–H groups in total. The van der Waals surface area contributed by atoms with Gasteiger partial charge in [-0.15, -0.1) is 0 Å². The van der Waals surface area contributed by atoms with Crippen LogP contribution in [0.4, 0.5) is 10.1 Å². The monoisotopic (exact) mass is 343 g/mol. The molecule has 2 rings (SSSR count). The standard InChI is InChI=1S/C14H12BrClFNO/c15-10-4-5-14(13(16)8-10)19-7-6-18-12-3-1-2-11(17)9-12/h1-5,8-9,18H,6-7H2. The number of rotatable bonds is 5. The van der Waals surface area contributed by atoms with Gasteiger partial charge < -0.3 is 10.1 Å². The minimum atomic E-state index is -0.262. The fourth-order valence-electron chi connectivity index (χ4n) is 1.55. The summed E-state index contributed by atoms with van der Waals surface area (Å²) in [6.07, 6.45) is 0. The zero-order valence-electron chi connectivity index (χ0n) is 10.00. The third-order valence-corrected chi connectivity index (χ3v) is 3.20. The molecule has 0 heterocycles. The fourth-order valence-corrected chi connectivity index (χ4v) is 2.28. The molecular weight excluding hydrogens is 333 g/mol. The van der Waals surface area contributed by atoms with Crippen LogP contribution in [0, 0.1) is 5.82 Å². The molecule has 2 nitrogen and oxygen atoms in total. The molecule has 0 spiro atoms. The second-order valence-electron chi connectivity index (χ2n) is 3.86. The van der Waals surface area contributed by atoms with Gasteiger partial charge in [0.25, 0.3) is 0 Å². The Morgan fingerprint density at radius 1 is 1.21 bits per heavy atom. The topological polar surface area (TPSA) is 21.3 Å². The van der Waals surface area contributed by atoms with Gasteiger partial charge in [0.05, 0.1) is 5.02 Å². The van der Waals surface area contributed by atoms with E-state index in [-0.39, 0.29) is 5.82 Å². The normalized spacial score (nSPS) is 10.3. The molecule has 0 radical (unpaired) electrons. The van der Waals surface area contributed by atoms with Crippen LogP contribution in [0.15, 0.2) is 46.9 Å². The van der Waals surface area contributed by atoms with Gasteiger partial charge in [-0.2, -0.15) is 0 Å². The third kappa shape index (κ3) is 4.40. The van der Waals surface area contributed by atoms with E-state index in [2.05, 4.69) is 21.2 Å². The van der Waals surface area contributed by atoms with Crippen LogP contribution in [0.2, 0.25) is 5.02 Å². The molecule has 0 bridgehead atoms. The molecule has 0 aliphatic carbocycles. The maximum atomic E-state index is 12.9. The van der Waals surface area contributed by atoms with E-state index in [0.717, 1.165) is 10.2 Å². The summed E-state index contributed by atoms with van der Waals surface area (Å²) in [6, 6.07) is 11.7. The van der Waals surface area contributed by atoms with Crippen molar-refractivity contribution in [1.29, 1.82) is 0 Å². The number of nitrogens with one attached hydrogen (secondary N) is 1. The van der Waals surface area contributed by atoms with Crippen molar-refractivity contribution in [2.45, 2.75) is 0 Å². The van der Waals surface area contributed by atoms with Gasteiger partial charge >= 0.3 is 0 Å². The van der Waals surface area contributed by atoms with Crippen molar-refractivity contribution in [3.8, 4) is 5.75 Å². The lowest BCUT2D eigenvalue weighted by atomic mass is 10.3. The molecule has 0 aromatic heterocycles. The Labute approximate surface area is 124 Å². The highest BCUT2D eigenvalue weighted by Crippen LogP contribution is 2.27. The number of hydrogen-bond donors (Lipinski definition) is 1. The first-order valence-electron chi connectivity index (χ1n) is 5.72. The van der Waals surface area contributed by atoms with E-state index in [1.165, 1.54) is 12.1 Å². The van der Waals surface area contributed by atoms with Gasteiger partial charge in [0.15, 0.2) is 0 Å². The van der Waals surface area contributed by atoms with Crippen molar-refractivity contribution in [3.05, 3.63) is 57.8 Å². The second-order valence-corrected chi connectivity index (χ2v) is 5.18. The van der Waals surface area contributed by atoms with E-state index >= 15 is 0 Å². The fraction of sp³-hybridized carbons (Fsp3) is 0.143. The van der Waals surface area contributed by atoms with Crippen LogP contribution in [-0.4, -0.2) is 13.2 Å². The molecule has 0 aliphatic heterocycles. The van der Waals surface area contributed by atoms with E-state index < -0.39 is 0 Å². The lowest BCUT2D eigenvalue weighted by Gasteiger charge is -2.10. The first-order valence-corrected chi connectivity index (χ1v) is 6.89. The Morgan fingerprint density at radius 3 is 2.79 bits per heavy atom. The number of halogens is 3. The van der Waals surface area contributed by atoms with Gasteiger partial charge in [0, 0.05) is 16.7 Å². The number of anilines is 1. The van der Waals surface area contributed by atoms with E-state index in [4.69, 9.17) is 16.3 Å². The highest BCUT2D eigenvalue weighted by atomic mass is 79.9. The molecule has 5 heteroatoms. The van der Waals surface area contributed by atoms with E-state index in [9.17, 15) is 4.39 Å². The maximum absolute atomic E-state index is 12.9. The van der Waals surface area contributed by atoms with E-state index in [0.29, 0.717) is 23.9 Å². The first kappa shape index (κ1) is 14.2. The molecule has 0 atom stereocenters. The molecule has 2 aromatic carbocycles. The van der Waals surface area contributed by atoms with Crippen LogP contribution < -0.4 is 10.1 Å². The quantitative estimate of drug-likeness (QED) is 0.792. The number of benzene rings is 2. The Kier molecular flexibility index (Phi) is 5.05. The van der Waals surface area contributed by atoms with Crippen molar-refractivity contribution >= 4 is 33.2 Å². The summed E-state index contributed by atoms with van der Waals surface area (Å²) < 4.78 is 19.4. The Bertz CT molecular complexity index is 565. The van der Waals surface area contributed by atoms with Crippen molar-refractivity contribution in [2.24, 2.45) is 0 Å². The van der Waals surface area contributed by atoms with Crippen LogP contribution in [0.5, 0.6) is 5.75 Å². The first-order chi connectivity index (χ1) is 9.15. The average Bonchev–Trinajstić information content (AvgIpc) is 2.37. The summed E-state index contributed by atoms with van der Waals surface area (Å²) in [5.41, 5.74) is 0.727. The predicted octanol–water partition coefficient (Wildman–Crippen LogP) is 4.73. The largest absolute Gasteiger partial charge is 0.490 e. The average molecular weight is 345 g/mol. The zero-order valence-corrected chi connectivity index (χ0v) is 12.3. The lowest BCUT2D eigenvalue weighted by Crippen LogP contribution is -2.11. The summed E-state index contributed by atoms with van der Waals surface area (Å²) >= 11 is 9.35. The summed E-state index contributed by atoms with van der Waals surface area (Å²) in [7, 11) is 0. The molecule has 0 unspecified atom stereocenters. The highest BCUT2D eigenvalue weighted by molar-refractivity contribution is 9.10. The summed E-state index contributed by atoms with van der Waals surface area (Å²) in [5, 5.41) is 3.62. The second kappa shape index (κ2) is 6.78. The van der Waals surface area contributed by atoms with Crippen LogP contribution in [0.1, 0.15) is 0 Å². The van der Waals surface area contributed by atoms with Crippen LogP contribution in [0.25, 0.3) is 0 Å². The van der Waals surface area contributed by atoms with Gasteiger partial charge in [0.2, 0.25) is 0 Å². The molecule has 0 aliphatic rings. The molecule has 2 aromatic rings. The molecule has 19 heavy (non-hydrogen) atoms. The molecule has 0 amide bonds. The maximum Gasteiger partial charge on any atom is 0.138 e. The van der Waals surface area contributed by atoms with E-state index in [1.807, 2.05) is 6.07 Å². The van der Waals surface area contributed by atoms with Gasteiger partial charge in [-0.1, -0.05) is 33.6 Å². The molecular formula is C14H12BrClFNO. The van der Waals surface area contributed by atoms with Crippen LogP contribution in [0.3, 0.4) is 0 Å². The van der Waals surface area contributed by atoms with Gasteiger partial charge in [-0.05, 0) is 36.4 Å². The smallest absolute Gasteiger partial charge is 0.138 e. The Hall–Kier alpha value is -1.26. The van der Waals surface area contributed by atoms with Crippen molar-refractivity contribution < 1.29 is 9.13 Å². The SMILES string of the molecule is Fc1cccc(NCCOc2ccc(Br)cc2Cl)c1. The summed E-state index contributed by atoms with van der Waals surface area (Å²) in [6.45, 7) is 1.01. The number of ether oxygens (including phenoxy) is 1. The predicted molar refractivity (Wildman–Crippen MR) is 79.5 cm³/mol. The van der Waals surface area contributed by atoms with Crippen molar-refractivity contribution in [3.63, 3.8) is 0 Å². The minimum Gasteiger partial charge on any atom is -0.490 e. The number of hydrogen-bond acceptors (Lipinski definition) is 2. The zero-order chi connectivity index (χ0) is 13.7. The molecule has 0 fully saturated rings. The molecule has 0 saturated carbocycles. The third-order valence-electron chi connectivity index (χ3n) is 2.41. The van der Waals surface area contributed by atoms with Gasteiger partial charge in [-0.25, -0.2) is 4.39 Å². The van der Waals surface area contributed by atoms with Gasteiger partial charge in [0.1, 0.15) is 18.2 Å². The Balaban J connectivity index is 1.81. The summed E-state index contributed by atoms with van der Waals surface area (Å²) in [5.74, 6) is 0.368. The summed E-state index contributed by atoms with van der Waals surface area (Å²) in [4.78, 5) is 0. The van der Waals surface area contributed by atoms with Crippen LogP contribution in [-0.2, 0) is 0 Å². The van der Waals surface area contributed by atoms with Crippen molar-refractivity contribution in [2.75, 3.05) is 18.5 Å². The lowest BCUT2D eigenvalue weighted by molar-refractivity contribution is 0.333. The molecule has 100 valence electrons. The minimum absolute atomic E-state index is 0.262. The van der Waals surface area contributed by atoms with E-state index in [1.54, 1.807) is 24.3 Å². The highest BCUT2D eigenvalue weighted by Gasteiger charge is 2.01. The Morgan fingerprint density at radius 2 is 2.05 bits per heavy atom.